The van der Waals surface area contributed by atoms with Crippen molar-refractivity contribution in [2.75, 3.05) is 21.2 Å². The second-order valence-electron chi connectivity index (χ2n) is 11.1. The van der Waals surface area contributed by atoms with Crippen LogP contribution in [-0.4, -0.2) is 55.5 Å². The summed E-state index contributed by atoms with van der Waals surface area (Å²) in [4.78, 5) is 25.7. The summed E-state index contributed by atoms with van der Waals surface area (Å²) >= 11 is 3.59. The molecule has 1 aromatic heterocycles. The predicted molar refractivity (Wildman–Crippen MR) is 156 cm³/mol. The molecule has 2 aliphatic rings. The molecule has 2 atom stereocenters. The lowest BCUT2D eigenvalue weighted by molar-refractivity contribution is -0.144. The summed E-state index contributed by atoms with van der Waals surface area (Å²) in [6.45, 7) is 0.223. The Bertz CT molecular complexity index is 1580. The SMILES string of the molecule is COc1ccc(Br)c([C@@H]2C[C@@]2(Cn2cc(C3CCCCC3)c3ccc(C(=O)NS(=O)(=O)N(C)C)cc32)C(=O)O)c1. The van der Waals surface area contributed by atoms with Crippen LogP contribution in [0, 0.1) is 5.41 Å². The number of benzene rings is 2. The van der Waals surface area contributed by atoms with Gasteiger partial charge < -0.3 is 14.4 Å². The molecule has 40 heavy (non-hydrogen) atoms. The average molecular weight is 633 g/mol. The van der Waals surface area contributed by atoms with Gasteiger partial charge in [-0.15, -0.1) is 0 Å². The van der Waals surface area contributed by atoms with E-state index in [9.17, 15) is 23.1 Å². The van der Waals surface area contributed by atoms with E-state index in [1.165, 1.54) is 20.5 Å². The smallest absolute Gasteiger partial charge is 0.312 e. The number of carboxylic acid groups (broad SMARTS) is 1. The van der Waals surface area contributed by atoms with Crippen molar-refractivity contribution >= 4 is 48.9 Å². The van der Waals surface area contributed by atoms with Gasteiger partial charge in [-0.25, -0.2) is 4.72 Å². The third kappa shape index (κ3) is 5.26. The number of hydrogen-bond acceptors (Lipinski definition) is 5. The Hall–Kier alpha value is -2.89. The van der Waals surface area contributed by atoms with Crippen molar-refractivity contribution in [2.45, 2.75) is 56.9 Å². The van der Waals surface area contributed by atoms with Crippen LogP contribution in [0.4, 0.5) is 0 Å². The molecule has 0 bridgehead atoms. The van der Waals surface area contributed by atoms with Crippen LogP contribution in [0.25, 0.3) is 10.9 Å². The normalized spacial score (nSPS) is 21.5. The van der Waals surface area contributed by atoms with E-state index in [1.807, 2.05) is 28.8 Å². The summed E-state index contributed by atoms with van der Waals surface area (Å²) in [5.74, 6) is -0.811. The fourth-order valence-corrected chi connectivity index (χ4v) is 7.07. The Balaban J connectivity index is 1.56. The first-order valence-electron chi connectivity index (χ1n) is 13.4. The van der Waals surface area contributed by atoms with E-state index in [-0.39, 0.29) is 18.0 Å². The van der Waals surface area contributed by atoms with Gasteiger partial charge in [0.25, 0.3) is 5.91 Å². The number of aromatic nitrogens is 1. The van der Waals surface area contributed by atoms with Gasteiger partial charge in [-0.1, -0.05) is 41.3 Å². The van der Waals surface area contributed by atoms with Crippen LogP contribution in [0.2, 0.25) is 0 Å². The van der Waals surface area contributed by atoms with Crippen molar-refractivity contribution < 1.29 is 27.9 Å². The van der Waals surface area contributed by atoms with E-state index in [1.54, 1.807) is 19.2 Å². The van der Waals surface area contributed by atoms with Crippen molar-refractivity contribution in [1.82, 2.24) is 13.6 Å². The van der Waals surface area contributed by atoms with Gasteiger partial charge >= 0.3 is 16.2 Å². The summed E-state index contributed by atoms with van der Waals surface area (Å²) in [5, 5.41) is 11.4. The van der Waals surface area contributed by atoms with Crippen LogP contribution in [-0.2, 0) is 21.5 Å². The Morgan fingerprint density at radius 2 is 1.85 bits per heavy atom. The number of fused-ring (bicyclic) bond motifs is 1. The maximum atomic E-state index is 12.9. The van der Waals surface area contributed by atoms with E-state index in [0.717, 1.165) is 56.5 Å². The maximum absolute atomic E-state index is 12.9. The molecular weight excluding hydrogens is 598 g/mol. The van der Waals surface area contributed by atoms with E-state index < -0.39 is 27.5 Å². The number of amides is 1. The number of carbonyl (C=O) groups excluding carboxylic acids is 1. The van der Waals surface area contributed by atoms with Gasteiger partial charge in [0, 0.05) is 53.7 Å². The molecule has 3 aromatic rings. The Kier molecular flexibility index (Phi) is 7.75. The fraction of sp³-hybridized carbons (Fsp3) is 0.448. The highest BCUT2D eigenvalue weighted by Gasteiger charge is 2.61. The van der Waals surface area contributed by atoms with Gasteiger partial charge in [0.2, 0.25) is 0 Å². The molecule has 2 aliphatic carbocycles. The van der Waals surface area contributed by atoms with Crippen LogP contribution in [0.5, 0.6) is 5.75 Å². The van der Waals surface area contributed by atoms with Crippen LogP contribution in [0.15, 0.2) is 47.1 Å². The quantitative estimate of drug-likeness (QED) is 0.333. The second-order valence-corrected chi connectivity index (χ2v) is 13.8. The summed E-state index contributed by atoms with van der Waals surface area (Å²) in [6.07, 6.45) is 8.14. The highest BCUT2D eigenvalue weighted by Crippen LogP contribution is 2.62. The maximum Gasteiger partial charge on any atom is 0.312 e. The van der Waals surface area contributed by atoms with Gasteiger partial charge in [0.05, 0.1) is 12.5 Å². The molecule has 2 N–H and O–H groups in total. The van der Waals surface area contributed by atoms with Crippen molar-refractivity contribution in [3.63, 3.8) is 0 Å². The van der Waals surface area contributed by atoms with Crippen LogP contribution < -0.4 is 9.46 Å². The van der Waals surface area contributed by atoms with Crippen molar-refractivity contribution in [1.29, 1.82) is 0 Å². The summed E-state index contributed by atoms with van der Waals surface area (Å²) in [7, 11) is 0.311. The van der Waals surface area contributed by atoms with Gasteiger partial charge in [0.1, 0.15) is 5.75 Å². The molecule has 0 aliphatic heterocycles. The molecule has 5 rings (SSSR count). The van der Waals surface area contributed by atoms with Crippen molar-refractivity contribution in [2.24, 2.45) is 5.41 Å². The van der Waals surface area contributed by atoms with Crippen LogP contribution in [0.1, 0.15) is 71.8 Å². The number of methoxy groups -OCH3 is 1. The molecular formula is C29H34BrN3O6S. The minimum Gasteiger partial charge on any atom is -0.497 e. The molecule has 2 saturated carbocycles. The standard InChI is InChI=1S/C29H34BrN3O6S/c1-32(2)40(37,38)31-27(34)19-9-11-21-23(18-7-5-4-6-8-18)16-33(26(21)13-19)17-29(28(35)36)15-24(29)22-14-20(39-3)10-12-25(22)30/h9-14,16,18,24H,4-8,15,17H2,1-3H3,(H,31,34)(H,35,36)/t24-,29-/m0/s1. The minimum atomic E-state index is -3.96. The summed E-state index contributed by atoms with van der Waals surface area (Å²) in [6, 6.07) is 10.8. The number of ether oxygens (including phenoxy) is 1. The third-order valence-corrected chi connectivity index (χ3v) is 10.6. The molecule has 0 radical (unpaired) electrons. The number of aliphatic carboxylic acids is 1. The van der Waals surface area contributed by atoms with E-state index in [2.05, 4.69) is 26.8 Å². The molecule has 9 nitrogen and oxygen atoms in total. The molecule has 2 aromatic carbocycles. The molecule has 0 unspecified atom stereocenters. The summed E-state index contributed by atoms with van der Waals surface area (Å²) < 4.78 is 35.8. The van der Waals surface area contributed by atoms with Gasteiger partial charge in [0.15, 0.2) is 0 Å². The molecule has 214 valence electrons. The van der Waals surface area contributed by atoms with Gasteiger partial charge in [-0.2, -0.15) is 12.7 Å². The minimum absolute atomic E-state index is 0.194. The lowest BCUT2D eigenvalue weighted by atomic mass is 9.84. The Labute approximate surface area is 242 Å². The lowest BCUT2D eigenvalue weighted by Gasteiger charge is -2.21. The summed E-state index contributed by atoms with van der Waals surface area (Å²) in [5.41, 5.74) is 1.94. The fourth-order valence-electron chi connectivity index (χ4n) is 6.01. The number of rotatable bonds is 9. The number of carbonyl (C=O) groups is 2. The van der Waals surface area contributed by atoms with Gasteiger partial charge in [-0.3, -0.25) is 9.59 Å². The van der Waals surface area contributed by atoms with E-state index in [0.29, 0.717) is 18.1 Å². The topological polar surface area (TPSA) is 118 Å². The van der Waals surface area contributed by atoms with Crippen molar-refractivity contribution in [3.05, 3.63) is 63.8 Å². The van der Waals surface area contributed by atoms with Crippen molar-refractivity contribution in [3.8, 4) is 5.75 Å². The average Bonchev–Trinajstić information content (AvgIpc) is 3.55. The zero-order valence-electron chi connectivity index (χ0n) is 22.8. The number of nitrogens with one attached hydrogen (secondary N) is 1. The third-order valence-electron chi connectivity index (χ3n) is 8.45. The Morgan fingerprint density at radius 3 is 2.50 bits per heavy atom. The van der Waals surface area contributed by atoms with Crippen LogP contribution >= 0.6 is 15.9 Å². The Morgan fingerprint density at radius 1 is 1.12 bits per heavy atom. The first kappa shape index (κ1) is 28.6. The molecule has 2 fully saturated rings. The molecule has 1 amide bonds. The van der Waals surface area contributed by atoms with Gasteiger partial charge in [-0.05, 0) is 66.6 Å². The highest BCUT2D eigenvalue weighted by molar-refractivity contribution is 9.10. The lowest BCUT2D eigenvalue weighted by Crippen LogP contribution is -2.39. The number of nitrogens with zero attached hydrogens (tertiary/aromatic N) is 2. The zero-order valence-corrected chi connectivity index (χ0v) is 25.2. The van der Waals surface area contributed by atoms with Crippen LogP contribution in [0.3, 0.4) is 0 Å². The first-order valence-corrected chi connectivity index (χ1v) is 15.6. The molecule has 11 heteroatoms. The number of hydrogen-bond donors (Lipinski definition) is 2. The molecule has 1 heterocycles. The predicted octanol–water partition coefficient (Wildman–Crippen LogP) is 5.25. The van der Waals surface area contributed by atoms with E-state index in [4.69, 9.17) is 4.74 Å². The highest BCUT2D eigenvalue weighted by atomic mass is 79.9. The largest absolute Gasteiger partial charge is 0.497 e. The molecule has 0 saturated heterocycles. The number of halogens is 1. The zero-order chi connectivity index (χ0) is 28.8. The monoisotopic (exact) mass is 631 g/mol. The van der Waals surface area contributed by atoms with E-state index >= 15 is 0 Å². The second kappa shape index (κ2) is 10.8. The molecule has 0 spiro atoms. The number of carboxylic acids is 1. The first-order chi connectivity index (χ1) is 19.0.